The summed E-state index contributed by atoms with van der Waals surface area (Å²) in [5.41, 5.74) is 6.49. The monoisotopic (exact) mass is 275 g/mol. The average Bonchev–Trinajstić information content (AvgIpc) is 3.16. The molecule has 1 aromatic carbocycles. The lowest BCUT2D eigenvalue weighted by atomic mass is 10.00. The first-order valence-corrected chi connectivity index (χ1v) is 7.70. The van der Waals surface area contributed by atoms with E-state index in [1.54, 1.807) is 23.1 Å². The summed E-state index contributed by atoms with van der Waals surface area (Å²) in [6, 6.07) is 10.4. The van der Waals surface area contributed by atoms with Crippen molar-refractivity contribution >= 4 is 33.3 Å². The molecule has 1 heterocycles. The van der Waals surface area contributed by atoms with Crippen LogP contribution >= 0.6 is 23.1 Å². The number of thioether (sulfide) groups is 1. The zero-order valence-electron chi connectivity index (χ0n) is 9.80. The molecule has 1 aliphatic carbocycles. The van der Waals surface area contributed by atoms with Crippen LogP contribution in [0.15, 0.2) is 28.6 Å². The Labute approximate surface area is 114 Å². The molecule has 18 heavy (non-hydrogen) atoms. The lowest BCUT2D eigenvalue weighted by Gasteiger charge is -2.19. The van der Waals surface area contributed by atoms with Gasteiger partial charge in [0.2, 0.25) is 0 Å². The number of benzene rings is 1. The number of hydrogen-bond donors (Lipinski definition) is 1. The molecular weight excluding hydrogens is 262 g/mol. The first-order chi connectivity index (χ1) is 8.71. The van der Waals surface area contributed by atoms with Crippen molar-refractivity contribution in [2.24, 2.45) is 11.7 Å². The Bertz CT molecular complexity index is 579. The number of nitrogens with zero attached hydrogens (tertiary/aromatic N) is 2. The third kappa shape index (κ3) is 2.24. The SMILES string of the molecule is N#CC(N)(CSc1nc2ccccc2s1)C1CC1. The lowest BCUT2D eigenvalue weighted by Crippen LogP contribution is -2.43. The predicted molar refractivity (Wildman–Crippen MR) is 75.6 cm³/mol. The quantitative estimate of drug-likeness (QED) is 0.871. The van der Waals surface area contributed by atoms with Crippen molar-refractivity contribution in [3.63, 3.8) is 0 Å². The number of nitriles is 1. The van der Waals surface area contributed by atoms with Gasteiger partial charge in [0.05, 0.1) is 16.3 Å². The van der Waals surface area contributed by atoms with Crippen molar-refractivity contribution in [2.75, 3.05) is 5.75 Å². The van der Waals surface area contributed by atoms with Gasteiger partial charge in [-0.15, -0.1) is 11.3 Å². The van der Waals surface area contributed by atoms with Crippen LogP contribution < -0.4 is 5.73 Å². The second-order valence-corrected chi connectivity index (χ2v) is 6.92. The van der Waals surface area contributed by atoms with Gasteiger partial charge in [-0.25, -0.2) is 4.98 Å². The molecular formula is C13H13N3S2. The molecule has 0 saturated heterocycles. The molecule has 3 nitrogen and oxygen atoms in total. The molecule has 0 radical (unpaired) electrons. The molecule has 3 rings (SSSR count). The Hall–Kier alpha value is -1.09. The second kappa shape index (κ2) is 4.54. The maximum absolute atomic E-state index is 9.21. The van der Waals surface area contributed by atoms with Crippen LogP contribution in [0.2, 0.25) is 0 Å². The van der Waals surface area contributed by atoms with Crippen molar-refractivity contribution < 1.29 is 0 Å². The minimum atomic E-state index is -0.678. The van der Waals surface area contributed by atoms with Gasteiger partial charge in [0.15, 0.2) is 4.34 Å². The van der Waals surface area contributed by atoms with Crippen molar-refractivity contribution in [1.82, 2.24) is 4.98 Å². The summed E-state index contributed by atoms with van der Waals surface area (Å²) in [4.78, 5) is 4.55. The van der Waals surface area contributed by atoms with Gasteiger partial charge in [-0.2, -0.15) is 5.26 Å². The number of thiazole rings is 1. The predicted octanol–water partition coefficient (Wildman–Crippen LogP) is 3.02. The summed E-state index contributed by atoms with van der Waals surface area (Å²) in [5.74, 6) is 1.01. The summed E-state index contributed by atoms with van der Waals surface area (Å²) >= 11 is 3.27. The summed E-state index contributed by atoms with van der Waals surface area (Å²) in [6.45, 7) is 0. The van der Waals surface area contributed by atoms with E-state index in [0.29, 0.717) is 11.7 Å². The molecule has 0 amide bonds. The van der Waals surface area contributed by atoms with Gasteiger partial charge >= 0.3 is 0 Å². The number of para-hydroxylation sites is 1. The van der Waals surface area contributed by atoms with Gasteiger partial charge in [0, 0.05) is 5.75 Å². The second-order valence-electron chi connectivity index (χ2n) is 4.66. The van der Waals surface area contributed by atoms with E-state index in [1.165, 1.54) is 4.70 Å². The molecule has 0 aliphatic heterocycles. The van der Waals surface area contributed by atoms with E-state index in [0.717, 1.165) is 22.7 Å². The summed E-state index contributed by atoms with van der Waals surface area (Å²) in [7, 11) is 0. The molecule has 0 bridgehead atoms. The van der Waals surface area contributed by atoms with Crippen molar-refractivity contribution in [2.45, 2.75) is 22.7 Å². The van der Waals surface area contributed by atoms with Crippen LogP contribution in [0.5, 0.6) is 0 Å². The standard InChI is InChI=1S/C13H13N3S2/c14-7-13(15,9-5-6-9)8-17-12-16-10-3-1-2-4-11(10)18-12/h1-4,9H,5-6,8,15H2. The van der Waals surface area contributed by atoms with E-state index in [1.807, 2.05) is 18.2 Å². The van der Waals surface area contributed by atoms with Crippen molar-refractivity contribution in [3.05, 3.63) is 24.3 Å². The van der Waals surface area contributed by atoms with Crippen LogP contribution in [0, 0.1) is 17.2 Å². The zero-order valence-corrected chi connectivity index (χ0v) is 11.4. The Balaban J connectivity index is 1.75. The number of nitrogens with two attached hydrogens (primary N) is 1. The summed E-state index contributed by atoms with van der Waals surface area (Å²) in [6.07, 6.45) is 2.18. The van der Waals surface area contributed by atoms with Gasteiger partial charge in [0.1, 0.15) is 5.54 Å². The third-order valence-corrected chi connectivity index (χ3v) is 5.62. The molecule has 1 saturated carbocycles. The first-order valence-electron chi connectivity index (χ1n) is 5.90. The highest BCUT2D eigenvalue weighted by molar-refractivity contribution is 8.01. The minimum Gasteiger partial charge on any atom is -0.312 e. The molecule has 1 fully saturated rings. The Morgan fingerprint density at radius 2 is 2.28 bits per heavy atom. The molecule has 0 spiro atoms. The molecule has 5 heteroatoms. The van der Waals surface area contributed by atoms with E-state index >= 15 is 0 Å². The van der Waals surface area contributed by atoms with E-state index in [4.69, 9.17) is 5.73 Å². The van der Waals surface area contributed by atoms with E-state index in [-0.39, 0.29) is 0 Å². The number of rotatable bonds is 4. The summed E-state index contributed by atoms with van der Waals surface area (Å²) < 4.78 is 2.19. The highest BCUT2D eigenvalue weighted by Gasteiger charge is 2.42. The largest absolute Gasteiger partial charge is 0.312 e. The molecule has 2 N–H and O–H groups in total. The first kappa shape index (κ1) is 12.0. The van der Waals surface area contributed by atoms with Crippen LogP contribution in [0.25, 0.3) is 10.2 Å². The Morgan fingerprint density at radius 1 is 1.50 bits per heavy atom. The normalized spacial score (nSPS) is 18.4. The fraction of sp³-hybridized carbons (Fsp3) is 0.385. The average molecular weight is 275 g/mol. The molecule has 1 atom stereocenters. The fourth-order valence-electron chi connectivity index (χ4n) is 1.93. The van der Waals surface area contributed by atoms with Gasteiger partial charge in [0.25, 0.3) is 0 Å². The lowest BCUT2D eigenvalue weighted by molar-refractivity contribution is 0.532. The van der Waals surface area contributed by atoms with Crippen LogP contribution in [0.1, 0.15) is 12.8 Å². The van der Waals surface area contributed by atoms with Gasteiger partial charge in [-0.05, 0) is 30.9 Å². The minimum absolute atomic E-state index is 0.379. The molecule has 1 aliphatic rings. The van der Waals surface area contributed by atoms with Crippen LogP contribution in [0.3, 0.4) is 0 Å². The molecule has 1 unspecified atom stereocenters. The zero-order chi connectivity index (χ0) is 12.6. The molecule has 2 aromatic rings. The molecule has 1 aromatic heterocycles. The number of hydrogen-bond acceptors (Lipinski definition) is 5. The summed E-state index contributed by atoms with van der Waals surface area (Å²) in [5, 5.41) is 9.21. The highest BCUT2D eigenvalue weighted by atomic mass is 32.2. The smallest absolute Gasteiger partial charge is 0.151 e. The molecule has 92 valence electrons. The fourth-order valence-corrected chi connectivity index (χ4v) is 4.14. The van der Waals surface area contributed by atoms with Gasteiger partial charge in [-0.3, -0.25) is 0 Å². The Kier molecular flexibility index (Phi) is 3.02. The van der Waals surface area contributed by atoms with E-state index in [2.05, 4.69) is 17.1 Å². The van der Waals surface area contributed by atoms with Gasteiger partial charge < -0.3 is 5.73 Å². The van der Waals surface area contributed by atoms with Crippen molar-refractivity contribution in [3.8, 4) is 6.07 Å². The van der Waals surface area contributed by atoms with Crippen LogP contribution in [-0.2, 0) is 0 Å². The van der Waals surface area contributed by atoms with E-state index < -0.39 is 5.54 Å². The maximum Gasteiger partial charge on any atom is 0.151 e. The maximum atomic E-state index is 9.21. The van der Waals surface area contributed by atoms with Gasteiger partial charge in [-0.1, -0.05) is 23.9 Å². The number of fused-ring (bicyclic) bond motifs is 1. The third-order valence-electron chi connectivity index (χ3n) is 3.22. The highest BCUT2D eigenvalue weighted by Crippen LogP contribution is 2.41. The van der Waals surface area contributed by atoms with Crippen LogP contribution in [-0.4, -0.2) is 16.3 Å². The number of aromatic nitrogens is 1. The topological polar surface area (TPSA) is 62.7 Å². The van der Waals surface area contributed by atoms with Crippen molar-refractivity contribution in [1.29, 1.82) is 5.26 Å². The Morgan fingerprint density at radius 3 is 2.94 bits per heavy atom. The van der Waals surface area contributed by atoms with E-state index in [9.17, 15) is 5.26 Å². The van der Waals surface area contributed by atoms with Crippen LogP contribution in [0.4, 0.5) is 0 Å².